The normalized spacial score (nSPS) is 14.3. The number of halogens is 2. The monoisotopic (exact) mass is 467 g/mol. The molecule has 4 rings (SSSR count). The van der Waals surface area contributed by atoms with Gasteiger partial charge >= 0.3 is 5.97 Å². The summed E-state index contributed by atoms with van der Waals surface area (Å²) in [7, 11) is 0. The molecule has 7 heteroatoms. The maximum atomic E-state index is 12.2. The highest BCUT2D eigenvalue weighted by atomic mass is 35.5. The van der Waals surface area contributed by atoms with Gasteiger partial charge in [0.1, 0.15) is 19.0 Å². The molecule has 0 spiro atoms. The Labute approximate surface area is 195 Å². The third kappa shape index (κ3) is 5.13. The first-order valence-corrected chi connectivity index (χ1v) is 10.6. The Kier molecular flexibility index (Phi) is 6.78. The van der Waals surface area contributed by atoms with Crippen LogP contribution < -0.4 is 9.47 Å². The number of cyclic esters (lactones) is 1. The second-order valence-corrected chi connectivity index (χ2v) is 7.79. The van der Waals surface area contributed by atoms with Crippen molar-refractivity contribution in [1.82, 2.24) is 0 Å². The summed E-state index contributed by atoms with van der Waals surface area (Å²) in [6, 6.07) is 20.3. The number of nitrogens with zero attached hydrogens (tertiary/aromatic N) is 1. The van der Waals surface area contributed by atoms with Crippen LogP contribution in [0, 0.1) is 6.92 Å². The predicted octanol–water partition coefficient (Wildman–Crippen LogP) is 6.10. The Morgan fingerprint density at radius 1 is 0.938 bits per heavy atom. The molecular formula is C25H19Cl2NO4. The summed E-state index contributed by atoms with van der Waals surface area (Å²) in [5, 5.41) is 0.637. The summed E-state index contributed by atoms with van der Waals surface area (Å²) in [6.07, 6.45) is 1.57. The van der Waals surface area contributed by atoms with Crippen molar-refractivity contribution in [2.45, 2.75) is 6.92 Å². The minimum Gasteiger partial charge on any atom is -0.490 e. The second-order valence-electron chi connectivity index (χ2n) is 6.98. The summed E-state index contributed by atoms with van der Waals surface area (Å²) in [6.45, 7) is 2.58. The SMILES string of the molecule is Cc1ccccc1OCCOc1c(Cl)cc(/C=C2/N=C(c3ccccc3)OC2=O)cc1Cl. The molecule has 0 fully saturated rings. The zero-order valence-corrected chi connectivity index (χ0v) is 18.7. The third-order valence-electron chi connectivity index (χ3n) is 4.65. The van der Waals surface area contributed by atoms with Crippen LogP contribution in [0.2, 0.25) is 10.0 Å². The average molecular weight is 468 g/mol. The van der Waals surface area contributed by atoms with Gasteiger partial charge in [-0.1, -0.05) is 59.6 Å². The van der Waals surface area contributed by atoms with E-state index in [0.717, 1.165) is 16.9 Å². The van der Waals surface area contributed by atoms with Gasteiger partial charge in [0, 0.05) is 5.56 Å². The fourth-order valence-electron chi connectivity index (χ4n) is 3.09. The number of ether oxygens (including phenoxy) is 3. The topological polar surface area (TPSA) is 57.1 Å². The standard InChI is InChI=1S/C25H19Cl2NO4/c1-16-7-5-6-10-22(16)30-11-12-31-23-19(26)13-17(14-20(23)27)15-21-25(29)32-24(28-21)18-8-3-2-4-9-18/h2-10,13-15H,11-12H2,1H3/b21-15+. The summed E-state index contributed by atoms with van der Waals surface area (Å²) in [5.74, 6) is 0.873. The number of aliphatic imine (C=N–C) groups is 1. The Hall–Kier alpha value is -3.28. The molecule has 1 aliphatic rings. The smallest absolute Gasteiger partial charge is 0.363 e. The highest BCUT2D eigenvalue weighted by molar-refractivity contribution is 6.37. The van der Waals surface area contributed by atoms with E-state index in [-0.39, 0.29) is 18.2 Å². The first-order valence-electron chi connectivity index (χ1n) is 9.89. The molecule has 0 saturated heterocycles. The van der Waals surface area contributed by atoms with E-state index in [1.54, 1.807) is 18.2 Å². The lowest BCUT2D eigenvalue weighted by atomic mass is 10.2. The number of benzene rings is 3. The van der Waals surface area contributed by atoms with E-state index >= 15 is 0 Å². The van der Waals surface area contributed by atoms with E-state index in [1.165, 1.54) is 0 Å². The first kappa shape index (κ1) is 21.9. The van der Waals surface area contributed by atoms with Crippen molar-refractivity contribution >= 4 is 41.1 Å². The summed E-state index contributed by atoms with van der Waals surface area (Å²) in [4.78, 5) is 16.5. The van der Waals surface area contributed by atoms with Crippen molar-refractivity contribution in [1.29, 1.82) is 0 Å². The van der Waals surface area contributed by atoms with E-state index in [2.05, 4.69) is 4.99 Å². The molecule has 0 unspecified atom stereocenters. The van der Waals surface area contributed by atoms with Gasteiger partial charge in [-0.25, -0.2) is 9.79 Å². The number of carbonyl (C=O) groups excluding carboxylic acids is 1. The maximum absolute atomic E-state index is 12.2. The summed E-state index contributed by atoms with van der Waals surface area (Å²) < 4.78 is 16.7. The number of para-hydroxylation sites is 1. The van der Waals surface area contributed by atoms with Crippen molar-refractivity contribution in [3.05, 3.63) is 99.2 Å². The lowest BCUT2D eigenvalue weighted by Crippen LogP contribution is -2.10. The average Bonchev–Trinajstić information content (AvgIpc) is 3.14. The molecule has 0 N–H and O–H groups in total. The molecule has 0 saturated carbocycles. The zero-order valence-electron chi connectivity index (χ0n) is 17.2. The minimum atomic E-state index is -0.537. The van der Waals surface area contributed by atoms with Gasteiger partial charge in [-0.2, -0.15) is 0 Å². The molecule has 3 aromatic rings. The fourth-order valence-corrected chi connectivity index (χ4v) is 3.70. The molecule has 5 nitrogen and oxygen atoms in total. The quantitative estimate of drug-likeness (QED) is 0.239. The highest BCUT2D eigenvalue weighted by Gasteiger charge is 2.24. The van der Waals surface area contributed by atoms with Crippen LogP contribution in [0.5, 0.6) is 11.5 Å². The molecule has 162 valence electrons. The van der Waals surface area contributed by atoms with Crippen molar-refractivity contribution in [3.63, 3.8) is 0 Å². The van der Waals surface area contributed by atoms with Gasteiger partial charge in [0.15, 0.2) is 11.4 Å². The van der Waals surface area contributed by atoms with E-state index in [1.807, 2.05) is 61.5 Å². The largest absolute Gasteiger partial charge is 0.490 e. The van der Waals surface area contributed by atoms with Gasteiger partial charge in [-0.05, 0) is 54.5 Å². The van der Waals surface area contributed by atoms with Gasteiger partial charge in [0.05, 0.1) is 10.0 Å². The molecular weight excluding hydrogens is 449 g/mol. The van der Waals surface area contributed by atoms with Crippen LogP contribution in [-0.2, 0) is 9.53 Å². The Morgan fingerprint density at radius 2 is 1.59 bits per heavy atom. The van der Waals surface area contributed by atoms with E-state index < -0.39 is 5.97 Å². The molecule has 1 heterocycles. The molecule has 0 aliphatic carbocycles. The van der Waals surface area contributed by atoms with Crippen LogP contribution in [0.1, 0.15) is 16.7 Å². The molecule has 0 atom stereocenters. The van der Waals surface area contributed by atoms with E-state index in [9.17, 15) is 4.79 Å². The van der Waals surface area contributed by atoms with Crippen molar-refractivity contribution in [2.75, 3.05) is 13.2 Å². The van der Waals surface area contributed by atoms with E-state index in [0.29, 0.717) is 28.0 Å². The van der Waals surface area contributed by atoms with Crippen molar-refractivity contribution in [2.24, 2.45) is 4.99 Å². The Balaban J connectivity index is 1.44. The van der Waals surface area contributed by atoms with Crippen LogP contribution in [0.15, 0.2) is 77.4 Å². The number of hydrogen-bond acceptors (Lipinski definition) is 5. The maximum Gasteiger partial charge on any atom is 0.363 e. The minimum absolute atomic E-state index is 0.163. The van der Waals surface area contributed by atoms with Crippen LogP contribution in [0.3, 0.4) is 0 Å². The van der Waals surface area contributed by atoms with Crippen LogP contribution in [0.25, 0.3) is 6.08 Å². The third-order valence-corrected chi connectivity index (χ3v) is 5.21. The molecule has 0 amide bonds. The first-order chi connectivity index (χ1) is 15.5. The highest BCUT2D eigenvalue weighted by Crippen LogP contribution is 2.35. The number of rotatable bonds is 7. The Bertz CT molecular complexity index is 1180. The lowest BCUT2D eigenvalue weighted by Gasteiger charge is -2.12. The van der Waals surface area contributed by atoms with Crippen LogP contribution >= 0.6 is 23.2 Å². The van der Waals surface area contributed by atoms with Gasteiger partial charge < -0.3 is 14.2 Å². The zero-order chi connectivity index (χ0) is 22.5. The Morgan fingerprint density at radius 3 is 2.31 bits per heavy atom. The molecule has 1 aliphatic heterocycles. The molecule has 0 radical (unpaired) electrons. The summed E-state index contributed by atoms with van der Waals surface area (Å²) >= 11 is 12.7. The van der Waals surface area contributed by atoms with Gasteiger partial charge in [-0.3, -0.25) is 0 Å². The second kappa shape index (κ2) is 9.90. The van der Waals surface area contributed by atoms with Crippen molar-refractivity contribution < 1.29 is 19.0 Å². The predicted molar refractivity (Wildman–Crippen MR) is 126 cm³/mol. The lowest BCUT2D eigenvalue weighted by molar-refractivity contribution is -0.129. The number of aryl methyl sites for hydroxylation is 1. The van der Waals surface area contributed by atoms with Gasteiger partial charge in [-0.15, -0.1) is 0 Å². The number of hydrogen-bond donors (Lipinski definition) is 0. The van der Waals surface area contributed by atoms with Gasteiger partial charge in [0.25, 0.3) is 0 Å². The van der Waals surface area contributed by atoms with Crippen LogP contribution in [0.4, 0.5) is 0 Å². The van der Waals surface area contributed by atoms with Crippen LogP contribution in [-0.4, -0.2) is 25.1 Å². The molecule has 32 heavy (non-hydrogen) atoms. The fraction of sp³-hybridized carbons (Fsp3) is 0.120. The van der Waals surface area contributed by atoms with Crippen molar-refractivity contribution in [3.8, 4) is 11.5 Å². The molecule has 0 aromatic heterocycles. The summed E-state index contributed by atoms with van der Waals surface area (Å²) in [5.41, 5.74) is 2.53. The van der Waals surface area contributed by atoms with E-state index in [4.69, 9.17) is 37.4 Å². The number of esters is 1. The van der Waals surface area contributed by atoms with Gasteiger partial charge in [0.2, 0.25) is 5.90 Å². The molecule has 3 aromatic carbocycles. The number of carbonyl (C=O) groups is 1. The molecule has 0 bridgehead atoms.